The number of ether oxygens (including phenoxy) is 1. The minimum absolute atomic E-state index is 0.203. The number of carbonyl (C=O) groups is 1. The molecule has 0 saturated carbocycles. The summed E-state index contributed by atoms with van der Waals surface area (Å²) in [5.41, 5.74) is 0.803. The van der Waals surface area contributed by atoms with E-state index in [1.165, 1.54) is 0 Å². The van der Waals surface area contributed by atoms with Crippen LogP contribution in [0.1, 0.15) is 13.8 Å². The van der Waals surface area contributed by atoms with E-state index in [-0.39, 0.29) is 11.9 Å². The summed E-state index contributed by atoms with van der Waals surface area (Å²) in [7, 11) is 0. The monoisotopic (exact) mass is 319 g/mol. The molecule has 1 N–H and O–H groups in total. The third-order valence-electron chi connectivity index (χ3n) is 2.22. The summed E-state index contributed by atoms with van der Waals surface area (Å²) in [6.45, 7) is 4.51. The minimum atomic E-state index is -0.204. The number of nitrogens with one attached hydrogen (secondary N) is 1. The standard InChI is InChI=1S/C12H15BrClNO2/c1-3-17-12(16)8(2)7-15-11-6-9(13)4-5-10(11)14/h4-6,8,15H,3,7H2,1-2H3. The fourth-order valence-corrected chi connectivity index (χ4v) is 1.81. The van der Waals surface area contributed by atoms with Crippen LogP contribution in [0.2, 0.25) is 5.02 Å². The maximum atomic E-state index is 11.4. The van der Waals surface area contributed by atoms with Crippen molar-refractivity contribution in [1.82, 2.24) is 0 Å². The number of carbonyl (C=O) groups excluding carboxylic acids is 1. The molecule has 0 aliphatic carbocycles. The van der Waals surface area contributed by atoms with E-state index in [0.29, 0.717) is 18.2 Å². The molecule has 1 rings (SSSR count). The van der Waals surface area contributed by atoms with E-state index in [2.05, 4.69) is 21.2 Å². The van der Waals surface area contributed by atoms with Crippen molar-refractivity contribution >= 4 is 39.2 Å². The van der Waals surface area contributed by atoms with Gasteiger partial charge in [0.15, 0.2) is 0 Å². The maximum absolute atomic E-state index is 11.4. The van der Waals surface area contributed by atoms with Crippen molar-refractivity contribution in [1.29, 1.82) is 0 Å². The van der Waals surface area contributed by atoms with Gasteiger partial charge in [-0.15, -0.1) is 0 Å². The van der Waals surface area contributed by atoms with Crippen molar-refractivity contribution in [2.24, 2.45) is 5.92 Å². The van der Waals surface area contributed by atoms with E-state index < -0.39 is 0 Å². The summed E-state index contributed by atoms with van der Waals surface area (Å²) in [5.74, 6) is -0.406. The summed E-state index contributed by atoms with van der Waals surface area (Å²) in [4.78, 5) is 11.4. The van der Waals surface area contributed by atoms with Gasteiger partial charge in [-0.3, -0.25) is 4.79 Å². The Hall–Kier alpha value is -0.740. The van der Waals surface area contributed by atoms with Crippen molar-refractivity contribution in [3.05, 3.63) is 27.7 Å². The van der Waals surface area contributed by atoms with Crippen LogP contribution in [0.5, 0.6) is 0 Å². The number of esters is 1. The van der Waals surface area contributed by atoms with Crippen LogP contribution < -0.4 is 5.32 Å². The Bertz CT molecular complexity index is 398. The van der Waals surface area contributed by atoms with Gasteiger partial charge in [-0.2, -0.15) is 0 Å². The Balaban J connectivity index is 2.55. The highest BCUT2D eigenvalue weighted by atomic mass is 79.9. The lowest BCUT2D eigenvalue weighted by atomic mass is 10.2. The lowest BCUT2D eigenvalue weighted by molar-refractivity contribution is -0.146. The summed E-state index contributed by atoms with van der Waals surface area (Å²) < 4.78 is 5.86. The van der Waals surface area contributed by atoms with E-state index in [1.807, 2.05) is 19.1 Å². The summed E-state index contributed by atoms with van der Waals surface area (Å²) in [6, 6.07) is 5.53. The first-order valence-corrected chi connectivity index (χ1v) is 6.57. The third kappa shape index (κ3) is 4.56. The minimum Gasteiger partial charge on any atom is -0.466 e. The predicted octanol–water partition coefficient (Wildman–Crippen LogP) is 3.71. The van der Waals surface area contributed by atoms with Crippen LogP contribution >= 0.6 is 27.5 Å². The Kier molecular flexibility index (Phi) is 5.78. The molecule has 1 unspecified atom stereocenters. The summed E-state index contributed by atoms with van der Waals surface area (Å²) in [6.07, 6.45) is 0. The molecule has 0 spiro atoms. The van der Waals surface area contributed by atoms with Gasteiger partial charge < -0.3 is 10.1 Å². The molecule has 0 bridgehead atoms. The topological polar surface area (TPSA) is 38.3 Å². The van der Waals surface area contributed by atoms with Crippen molar-refractivity contribution in [2.75, 3.05) is 18.5 Å². The largest absolute Gasteiger partial charge is 0.466 e. The number of rotatable bonds is 5. The molecule has 94 valence electrons. The number of hydrogen-bond donors (Lipinski definition) is 1. The van der Waals surface area contributed by atoms with Gasteiger partial charge in [-0.1, -0.05) is 34.5 Å². The Morgan fingerprint density at radius 1 is 1.59 bits per heavy atom. The molecular weight excluding hydrogens is 305 g/mol. The molecule has 0 aromatic heterocycles. The second-order valence-corrected chi connectivity index (χ2v) is 4.98. The van der Waals surface area contributed by atoms with E-state index in [9.17, 15) is 4.79 Å². The van der Waals surface area contributed by atoms with Gasteiger partial charge in [0, 0.05) is 11.0 Å². The van der Waals surface area contributed by atoms with Crippen LogP contribution in [0.4, 0.5) is 5.69 Å². The van der Waals surface area contributed by atoms with Crippen LogP contribution in [0.15, 0.2) is 22.7 Å². The molecule has 1 aromatic rings. The zero-order chi connectivity index (χ0) is 12.8. The molecule has 1 atom stereocenters. The lowest BCUT2D eigenvalue weighted by Gasteiger charge is -2.13. The lowest BCUT2D eigenvalue weighted by Crippen LogP contribution is -2.22. The number of halogens is 2. The van der Waals surface area contributed by atoms with E-state index in [0.717, 1.165) is 10.2 Å². The first-order valence-electron chi connectivity index (χ1n) is 5.40. The van der Waals surface area contributed by atoms with E-state index in [1.54, 1.807) is 13.0 Å². The molecular formula is C12H15BrClNO2. The van der Waals surface area contributed by atoms with Crippen LogP contribution in [-0.2, 0) is 9.53 Å². The van der Waals surface area contributed by atoms with E-state index in [4.69, 9.17) is 16.3 Å². The molecule has 0 radical (unpaired) electrons. The van der Waals surface area contributed by atoms with Gasteiger partial charge >= 0.3 is 5.97 Å². The van der Waals surface area contributed by atoms with Crippen LogP contribution in [0.3, 0.4) is 0 Å². The van der Waals surface area contributed by atoms with Crippen LogP contribution in [0.25, 0.3) is 0 Å². The Morgan fingerprint density at radius 2 is 2.29 bits per heavy atom. The highest BCUT2D eigenvalue weighted by Gasteiger charge is 2.13. The van der Waals surface area contributed by atoms with E-state index >= 15 is 0 Å². The van der Waals surface area contributed by atoms with Crippen molar-refractivity contribution in [2.45, 2.75) is 13.8 Å². The fraction of sp³-hybridized carbons (Fsp3) is 0.417. The maximum Gasteiger partial charge on any atom is 0.310 e. The summed E-state index contributed by atoms with van der Waals surface area (Å²) in [5, 5.41) is 3.76. The molecule has 3 nitrogen and oxygen atoms in total. The molecule has 0 heterocycles. The quantitative estimate of drug-likeness (QED) is 0.840. The van der Waals surface area contributed by atoms with Crippen LogP contribution in [-0.4, -0.2) is 19.1 Å². The predicted molar refractivity (Wildman–Crippen MR) is 73.4 cm³/mol. The van der Waals surface area contributed by atoms with Crippen molar-refractivity contribution in [3.63, 3.8) is 0 Å². The smallest absolute Gasteiger partial charge is 0.310 e. The molecule has 0 fully saturated rings. The molecule has 17 heavy (non-hydrogen) atoms. The van der Waals surface area contributed by atoms with Crippen molar-refractivity contribution < 1.29 is 9.53 Å². The normalized spacial score (nSPS) is 12.0. The average molecular weight is 321 g/mol. The zero-order valence-electron chi connectivity index (χ0n) is 9.80. The van der Waals surface area contributed by atoms with Gasteiger partial charge in [0.25, 0.3) is 0 Å². The number of benzene rings is 1. The Morgan fingerprint density at radius 3 is 2.94 bits per heavy atom. The highest BCUT2D eigenvalue weighted by Crippen LogP contribution is 2.25. The highest BCUT2D eigenvalue weighted by molar-refractivity contribution is 9.10. The van der Waals surface area contributed by atoms with Crippen LogP contribution in [0, 0.1) is 5.92 Å². The third-order valence-corrected chi connectivity index (χ3v) is 3.04. The summed E-state index contributed by atoms with van der Waals surface area (Å²) >= 11 is 9.39. The number of hydrogen-bond acceptors (Lipinski definition) is 3. The molecule has 0 amide bonds. The average Bonchev–Trinajstić information content (AvgIpc) is 2.30. The second kappa shape index (κ2) is 6.87. The second-order valence-electron chi connectivity index (χ2n) is 3.66. The van der Waals surface area contributed by atoms with Gasteiger partial charge in [0.05, 0.1) is 23.2 Å². The number of anilines is 1. The molecule has 1 aromatic carbocycles. The first-order chi connectivity index (χ1) is 8.04. The SMILES string of the molecule is CCOC(=O)C(C)CNc1cc(Br)ccc1Cl. The van der Waals surface area contributed by atoms with Gasteiger partial charge in [0.1, 0.15) is 0 Å². The van der Waals surface area contributed by atoms with Gasteiger partial charge in [-0.25, -0.2) is 0 Å². The first kappa shape index (κ1) is 14.3. The van der Waals surface area contributed by atoms with Crippen molar-refractivity contribution in [3.8, 4) is 0 Å². The molecule has 0 saturated heterocycles. The molecule has 0 aliphatic heterocycles. The van der Waals surface area contributed by atoms with Gasteiger partial charge in [0.2, 0.25) is 0 Å². The molecule has 0 aliphatic rings. The fourth-order valence-electron chi connectivity index (χ4n) is 1.26. The zero-order valence-corrected chi connectivity index (χ0v) is 12.1. The molecule has 5 heteroatoms. The van der Waals surface area contributed by atoms with Gasteiger partial charge in [-0.05, 0) is 25.1 Å². The Labute approximate surface area is 115 Å².